The Balaban J connectivity index is 1.31. The van der Waals surface area contributed by atoms with Crippen molar-refractivity contribution in [2.24, 2.45) is 0 Å². The maximum Gasteiger partial charge on any atom is 0.246 e. The minimum atomic E-state index is 0.00845. The Hall–Kier alpha value is -3.21. The quantitative estimate of drug-likeness (QED) is 0.666. The zero-order chi connectivity index (χ0) is 17.8. The van der Waals surface area contributed by atoms with E-state index in [0.29, 0.717) is 31.2 Å². The summed E-state index contributed by atoms with van der Waals surface area (Å²) in [5, 5.41) is 4.06. The van der Waals surface area contributed by atoms with Crippen LogP contribution in [0.4, 0.5) is 0 Å². The molecule has 1 aliphatic rings. The van der Waals surface area contributed by atoms with Gasteiger partial charge < -0.3 is 9.42 Å². The predicted molar refractivity (Wildman–Crippen MR) is 98.3 cm³/mol. The topological polar surface area (TPSA) is 59.2 Å². The van der Waals surface area contributed by atoms with Crippen LogP contribution in [-0.4, -0.2) is 34.0 Å². The summed E-state index contributed by atoms with van der Waals surface area (Å²) >= 11 is 0. The molecule has 26 heavy (non-hydrogen) atoms. The van der Waals surface area contributed by atoms with E-state index in [4.69, 9.17) is 4.52 Å². The molecule has 0 radical (unpaired) electrons. The summed E-state index contributed by atoms with van der Waals surface area (Å²) in [5.41, 5.74) is 2.16. The predicted octanol–water partition coefficient (Wildman–Crippen LogP) is 3.30. The number of carbonyl (C=O) groups excluding carboxylic acids is 1. The number of benzene rings is 2. The van der Waals surface area contributed by atoms with Crippen molar-refractivity contribution < 1.29 is 9.32 Å². The molecule has 0 bridgehead atoms. The third kappa shape index (κ3) is 3.72. The second-order valence-corrected chi connectivity index (χ2v) is 6.40. The fraction of sp³-hybridized carbons (Fsp3) is 0.190. The number of hydrogen-bond donors (Lipinski definition) is 0. The van der Waals surface area contributed by atoms with Gasteiger partial charge >= 0.3 is 0 Å². The molecule has 3 aromatic rings. The van der Waals surface area contributed by atoms with Crippen molar-refractivity contribution in [2.45, 2.75) is 12.3 Å². The van der Waals surface area contributed by atoms with Crippen LogP contribution in [0.5, 0.6) is 0 Å². The van der Waals surface area contributed by atoms with Crippen LogP contribution in [0.2, 0.25) is 0 Å². The van der Waals surface area contributed by atoms with E-state index in [0.717, 1.165) is 11.1 Å². The van der Waals surface area contributed by atoms with Gasteiger partial charge in [-0.2, -0.15) is 4.98 Å². The lowest BCUT2D eigenvalue weighted by atomic mass is 10.00. The molecule has 2 aromatic carbocycles. The van der Waals surface area contributed by atoms with E-state index >= 15 is 0 Å². The summed E-state index contributed by atoms with van der Waals surface area (Å²) in [4.78, 5) is 18.5. The molecule has 5 nitrogen and oxygen atoms in total. The lowest BCUT2D eigenvalue weighted by molar-refractivity contribution is -0.130. The number of carbonyl (C=O) groups is 1. The second kappa shape index (κ2) is 7.35. The first kappa shape index (κ1) is 16.3. The molecular formula is C21H19N3O2. The SMILES string of the molecule is O=C(/C=C/c1ccccc1)N1CC(c2nc(Cc3ccccc3)no2)C1. The summed E-state index contributed by atoms with van der Waals surface area (Å²) in [6.07, 6.45) is 4.10. The molecular weight excluding hydrogens is 326 g/mol. The van der Waals surface area contributed by atoms with E-state index in [1.54, 1.807) is 11.0 Å². The van der Waals surface area contributed by atoms with E-state index < -0.39 is 0 Å². The van der Waals surface area contributed by atoms with E-state index in [2.05, 4.69) is 10.1 Å². The number of nitrogens with zero attached hydrogens (tertiary/aromatic N) is 3. The first-order valence-corrected chi connectivity index (χ1v) is 8.66. The van der Waals surface area contributed by atoms with Crippen LogP contribution in [-0.2, 0) is 11.2 Å². The van der Waals surface area contributed by atoms with Gasteiger partial charge in [-0.15, -0.1) is 0 Å². The Labute approximate surface area is 152 Å². The van der Waals surface area contributed by atoms with Gasteiger partial charge in [0.05, 0.1) is 5.92 Å². The summed E-state index contributed by atoms with van der Waals surface area (Å²) < 4.78 is 5.38. The summed E-state index contributed by atoms with van der Waals surface area (Å²) in [6, 6.07) is 19.8. The Morgan fingerprint density at radius 2 is 1.77 bits per heavy atom. The van der Waals surface area contributed by atoms with Crippen molar-refractivity contribution in [1.29, 1.82) is 0 Å². The first-order chi connectivity index (χ1) is 12.8. The molecule has 0 atom stereocenters. The highest BCUT2D eigenvalue weighted by atomic mass is 16.5. The number of amides is 1. The molecule has 1 fully saturated rings. The van der Waals surface area contributed by atoms with Gasteiger partial charge in [-0.3, -0.25) is 4.79 Å². The van der Waals surface area contributed by atoms with Crippen LogP contribution < -0.4 is 0 Å². The van der Waals surface area contributed by atoms with Gasteiger partial charge in [0.15, 0.2) is 5.82 Å². The fourth-order valence-electron chi connectivity index (χ4n) is 2.94. The highest BCUT2D eigenvalue weighted by Crippen LogP contribution is 2.26. The molecule has 1 saturated heterocycles. The van der Waals surface area contributed by atoms with Crippen molar-refractivity contribution >= 4 is 12.0 Å². The van der Waals surface area contributed by atoms with Gasteiger partial charge in [-0.1, -0.05) is 65.8 Å². The molecule has 1 aromatic heterocycles. The maximum atomic E-state index is 12.2. The van der Waals surface area contributed by atoms with Crippen molar-refractivity contribution in [3.63, 3.8) is 0 Å². The lowest BCUT2D eigenvalue weighted by Gasteiger charge is -2.36. The van der Waals surface area contributed by atoms with Crippen LogP contribution in [0.15, 0.2) is 71.3 Å². The van der Waals surface area contributed by atoms with Crippen LogP contribution >= 0.6 is 0 Å². The minimum absolute atomic E-state index is 0.00845. The molecule has 130 valence electrons. The van der Waals surface area contributed by atoms with Gasteiger partial charge in [-0.05, 0) is 17.2 Å². The number of likely N-dealkylation sites (tertiary alicyclic amines) is 1. The third-order valence-corrected chi connectivity index (χ3v) is 4.45. The molecule has 1 amide bonds. The van der Waals surface area contributed by atoms with Crippen molar-refractivity contribution in [2.75, 3.05) is 13.1 Å². The smallest absolute Gasteiger partial charge is 0.246 e. The molecule has 5 heteroatoms. The van der Waals surface area contributed by atoms with Gasteiger partial charge in [0.25, 0.3) is 0 Å². The second-order valence-electron chi connectivity index (χ2n) is 6.40. The monoisotopic (exact) mass is 345 g/mol. The average molecular weight is 345 g/mol. The third-order valence-electron chi connectivity index (χ3n) is 4.45. The van der Waals surface area contributed by atoms with E-state index in [-0.39, 0.29) is 11.8 Å². The molecule has 0 unspecified atom stereocenters. The van der Waals surface area contributed by atoms with E-state index in [1.807, 2.05) is 66.7 Å². The molecule has 1 aliphatic heterocycles. The van der Waals surface area contributed by atoms with Crippen LogP contribution in [0.3, 0.4) is 0 Å². The van der Waals surface area contributed by atoms with Gasteiger partial charge in [0, 0.05) is 25.6 Å². The standard InChI is InChI=1S/C21H19N3O2/c25-20(12-11-16-7-3-1-4-8-16)24-14-18(15-24)21-22-19(23-26-21)13-17-9-5-2-6-10-17/h1-12,18H,13-15H2/b12-11+. The Bertz CT molecular complexity index is 897. The van der Waals surface area contributed by atoms with Crippen LogP contribution in [0.25, 0.3) is 6.08 Å². The fourth-order valence-corrected chi connectivity index (χ4v) is 2.94. The highest BCUT2D eigenvalue weighted by Gasteiger charge is 2.34. The molecule has 0 spiro atoms. The van der Waals surface area contributed by atoms with E-state index in [1.165, 1.54) is 0 Å². The minimum Gasteiger partial charge on any atom is -0.339 e. The number of rotatable bonds is 5. The summed E-state index contributed by atoms with van der Waals surface area (Å²) in [7, 11) is 0. The summed E-state index contributed by atoms with van der Waals surface area (Å²) in [5.74, 6) is 1.43. The Morgan fingerprint density at radius 1 is 1.08 bits per heavy atom. The zero-order valence-electron chi connectivity index (χ0n) is 14.3. The number of hydrogen-bond acceptors (Lipinski definition) is 4. The van der Waals surface area contributed by atoms with Crippen molar-refractivity contribution in [3.05, 3.63) is 89.6 Å². The average Bonchev–Trinajstić information content (AvgIpc) is 3.08. The van der Waals surface area contributed by atoms with Crippen LogP contribution in [0.1, 0.15) is 28.8 Å². The van der Waals surface area contributed by atoms with Crippen molar-refractivity contribution in [3.8, 4) is 0 Å². The highest BCUT2D eigenvalue weighted by molar-refractivity contribution is 5.92. The lowest BCUT2D eigenvalue weighted by Crippen LogP contribution is -2.47. The summed E-state index contributed by atoms with van der Waals surface area (Å²) in [6.45, 7) is 1.23. The maximum absolute atomic E-state index is 12.2. The largest absolute Gasteiger partial charge is 0.339 e. The molecule has 0 aliphatic carbocycles. The van der Waals surface area contributed by atoms with Gasteiger partial charge in [0.2, 0.25) is 11.8 Å². The zero-order valence-corrected chi connectivity index (χ0v) is 14.3. The molecule has 4 rings (SSSR count). The molecule has 0 N–H and O–H groups in total. The molecule has 0 saturated carbocycles. The van der Waals surface area contributed by atoms with E-state index in [9.17, 15) is 4.79 Å². The van der Waals surface area contributed by atoms with Crippen molar-refractivity contribution in [1.82, 2.24) is 15.0 Å². The Kier molecular flexibility index (Phi) is 4.60. The van der Waals surface area contributed by atoms with Gasteiger partial charge in [0.1, 0.15) is 0 Å². The van der Waals surface area contributed by atoms with Crippen LogP contribution in [0, 0.1) is 0 Å². The normalized spacial score (nSPS) is 14.5. The molecule has 2 heterocycles. The number of aromatic nitrogens is 2. The Morgan fingerprint density at radius 3 is 2.50 bits per heavy atom. The van der Waals surface area contributed by atoms with Gasteiger partial charge in [-0.25, -0.2) is 0 Å². The first-order valence-electron chi connectivity index (χ1n) is 8.66.